The fourth-order valence-corrected chi connectivity index (χ4v) is 7.43. The van der Waals surface area contributed by atoms with Crippen molar-refractivity contribution in [3.05, 3.63) is 157 Å². The second-order valence-electron chi connectivity index (χ2n) is 16.9. The summed E-state index contributed by atoms with van der Waals surface area (Å²) < 4.78 is 33.4. The van der Waals surface area contributed by atoms with E-state index in [2.05, 4.69) is 25.1 Å². The first-order valence-electron chi connectivity index (χ1n) is 24.7. The second-order valence-corrected chi connectivity index (χ2v) is 16.9. The van der Waals surface area contributed by atoms with Crippen LogP contribution in [0, 0.1) is 0 Å². The molecule has 374 valence electrons. The molecule has 0 aliphatic rings. The Morgan fingerprint density at radius 3 is 1.46 bits per heavy atom. The number of aromatic nitrogens is 1. The van der Waals surface area contributed by atoms with E-state index in [0.29, 0.717) is 79.1 Å². The second kappa shape index (κ2) is 29.3. The Balaban J connectivity index is 1.11. The molecule has 0 aliphatic heterocycles. The van der Waals surface area contributed by atoms with Crippen molar-refractivity contribution in [3.63, 3.8) is 0 Å². The van der Waals surface area contributed by atoms with Crippen LogP contribution in [0.25, 0.3) is 21.7 Å². The first-order chi connectivity index (χ1) is 35.2. The molecule has 0 fully saturated rings. The Hall–Kier alpha value is -7.93. The van der Waals surface area contributed by atoms with Crippen LogP contribution >= 0.6 is 0 Å². The van der Waals surface area contributed by atoms with Crippen LogP contribution in [0.15, 0.2) is 144 Å². The summed E-state index contributed by atoms with van der Waals surface area (Å²) in [6, 6.07) is 33.4. The minimum atomic E-state index is -0.425. The molecule has 0 saturated heterocycles. The van der Waals surface area contributed by atoms with E-state index in [1.807, 2.05) is 60.7 Å². The molecule has 0 atom stereocenters. The van der Waals surface area contributed by atoms with Gasteiger partial charge >= 0.3 is 23.9 Å². The number of unbranched alkanes of at least 4 members (excludes halogenated alkanes) is 9. The molecule has 1 heterocycles. The van der Waals surface area contributed by atoms with Gasteiger partial charge in [-0.25, -0.2) is 24.2 Å². The first kappa shape index (κ1) is 53.4. The smallest absolute Gasteiger partial charge is 0.338 e. The predicted octanol–water partition coefficient (Wildman–Crippen LogP) is 13.5. The fraction of sp³-hybridized carbons (Fsp3) is 0.305. The molecule has 13 heteroatoms. The molecule has 72 heavy (non-hydrogen) atoms. The number of nitrogens with zero attached hydrogens (tertiary/aromatic N) is 3. The molecule has 0 spiro atoms. The summed E-state index contributed by atoms with van der Waals surface area (Å²) in [6.45, 7) is 10.9. The lowest BCUT2D eigenvalue weighted by Crippen LogP contribution is -2.06. The molecule has 0 unspecified atom stereocenters. The van der Waals surface area contributed by atoms with Crippen LogP contribution in [-0.2, 0) is 28.5 Å². The maximum atomic E-state index is 12.7. The molecule has 0 aliphatic carbocycles. The van der Waals surface area contributed by atoms with Crippen molar-refractivity contribution in [3.8, 4) is 17.4 Å². The molecule has 6 rings (SSSR count). The minimum absolute atomic E-state index is 0.305. The minimum Gasteiger partial charge on any atom is -0.494 e. The van der Waals surface area contributed by atoms with Crippen molar-refractivity contribution in [2.75, 3.05) is 33.0 Å². The summed E-state index contributed by atoms with van der Waals surface area (Å²) in [4.78, 5) is 62.0. The lowest BCUT2D eigenvalue weighted by atomic mass is 10.0. The number of carbonyl (C=O) groups excluding carboxylic acids is 4. The van der Waals surface area contributed by atoms with Crippen molar-refractivity contribution in [1.82, 2.24) is 4.98 Å². The number of hydrogen-bond donors (Lipinski definition) is 0. The molecule has 5 aromatic carbocycles. The highest BCUT2D eigenvalue weighted by atomic mass is 16.5. The number of esters is 4. The maximum absolute atomic E-state index is 12.7. The van der Waals surface area contributed by atoms with Crippen LogP contribution in [0.2, 0.25) is 0 Å². The van der Waals surface area contributed by atoms with Crippen molar-refractivity contribution in [2.45, 2.75) is 84.0 Å². The van der Waals surface area contributed by atoms with Crippen molar-refractivity contribution >= 4 is 69.4 Å². The molecule has 0 amide bonds. The van der Waals surface area contributed by atoms with Gasteiger partial charge in [0.25, 0.3) is 0 Å². The van der Waals surface area contributed by atoms with Crippen LogP contribution in [0.5, 0.6) is 17.4 Å². The summed E-state index contributed by atoms with van der Waals surface area (Å²) in [7, 11) is 0. The number of aliphatic imine (C=N–C) groups is 2. The van der Waals surface area contributed by atoms with E-state index < -0.39 is 23.9 Å². The lowest BCUT2D eigenvalue weighted by molar-refractivity contribution is -0.138. The highest BCUT2D eigenvalue weighted by molar-refractivity contribution is 6.10. The fourth-order valence-electron chi connectivity index (χ4n) is 7.43. The average molecular weight is 974 g/mol. The summed E-state index contributed by atoms with van der Waals surface area (Å²) in [5, 5.41) is 2.66. The van der Waals surface area contributed by atoms with E-state index in [4.69, 9.17) is 38.4 Å². The zero-order valence-electron chi connectivity index (χ0n) is 41.1. The Morgan fingerprint density at radius 1 is 0.486 bits per heavy atom. The third-order valence-electron chi connectivity index (χ3n) is 11.4. The maximum Gasteiger partial charge on any atom is 0.338 e. The number of ether oxygens (including phenoxy) is 6. The van der Waals surface area contributed by atoms with E-state index in [9.17, 15) is 19.2 Å². The van der Waals surface area contributed by atoms with Crippen LogP contribution in [0.1, 0.15) is 116 Å². The number of fused-ring (bicyclic) bond motifs is 3. The lowest BCUT2D eigenvalue weighted by Gasteiger charge is -2.13. The largest absolute Gasteiger partial charge is 0.494 e. The van der Waals surface area contributed by atoms with Gasteiger partial charge in [-0.2, -0.15) is 0 Å². The summed E-state index contributed by atoms with van der Waals surface area (Å²) >= 11 is 0. The molecular weight excluding hydrogens is 911 g/mol. The van der Waals surface area contributed by atoms with Gasteiger partial charge in [0.2, 0.25) is 5.88 Å². The Kier molecular flexibility index (Phi) is 21.7. The van der Waals surface area contributed by atoms with Gasteiger partial charge in [-0.05, 0) is 159 Å². The highest BCUT2D eigenvalue weighted by Gasteiger charge is 2.14. The van der Waals surface area contributed by atoms with E-state index >= 15 is 0 Å². The number of benzene rings is 5. The van der Waals surface area contributed by atoms with Gasteiger partial charge in [0.15, 0.2) is 0 Å². The average Bonchev–Trinajstić information content (AvgIpc) is 3.41. The van der Waals surface area contributed by atoms with Crippen molar-refractivity contribution in [2.24, 2.45) is 9.98 Å². The quantitative estimate of drug-likeness (QED) is 0.0105. The standard InChI is InChI=1S/C59H63N3O10/c1-4-7-8-13-34-67-49-28-30-50(31-29-49)72-57-53-39-43(41-60-47-24-20-45(21-25-47)58(65)70-37-16-11-9-14-35-68-55(63)5-2)18-32-51(53)52-33-19-44(40-54(52)62-57)42-61-48-26-22-46(23-27-48)59(66)71-38-17-12-10-15-36-69-56(64)6-3/h5-6,18-33,39-42H,2-4,7-17,34-38H2,1H3. The van der Waals surface area contributed by atoms with Gasteiger partial charge < -0.3 is 28.4 Å². The van der Waals surface area contributed by atoms with Gasteiger partial charge in [-0.1, -0.05) is 63.6 Å². The van der Waals surface area contributed by atoms with Crippen LogP contribution in [0.4, 0.5) is 11.4 Å². The van der Waals surface area contributed by atoms with Gasteiger partial charge in [0.05, 0.1) is 61.1 Å². The van der Waals surface area contributed by atoms with Crippen LogP contribution in [-0.4, -0.2) is 74.3 Å². The number of hydrogen-bond acceptors (Lipinski definition) is 13. The predicted molar refractivity (Wildman–Crippen MR) is 283 cm³/mol. The van der Waals surface area contributed by atoms with Crippen molar-refractivity contribution < 1.29 is 47.6 Å². The number of carbonyl (C=O) groups is 4. The van der Waals surface area contributed by atoms with E-state index in [0.717, 1.165) is 103 Å². The summed E-state index contributed by atoms with van der Waals surface area (Å²) in [5.74, 6) is 0.154. The van der Waals surface area contributed by atoms with Gasteiger partial charge in [0.1, 0.15) is 11.5 Å². The molecule has 1 aromatic heterocycles. The van der Waals surface area contributed by atoms with Gasteiger partial charge in [-0.15, -0.1) is 0 Å². The Bertz CT molecular complexity index is 2800. The van der Waals surface area contributed by atoms with Crippen molar-refractivity contribution in [1.29, 1.82) is 0 Å². The van der Waals surface area contributed by atoms with Crippen LogP contribution in [0.3, 0.4) is 0 Å². The third kappa shape index (κ3) is 17.5. The zero-order chi connectivity index (χ0) is 50.8. The summed E-state index contributed by atoms with van der Waals surface area (Å²) in [5.41, 5.74) is 4.57. The molecular formula is C59H63N3O10. The number of pyridine rings is 1. The summed E-state index contributed by atoms with van der Waals surface area (Å²) in [6.07, 6.45) is 16.7. The Labute approximate surface area is 421 Å². The van der Waals surface area contributed by atoms with E-state index in [1.165, 1.54) is 12.8 Å². The normalized spacial score (nSPS) is 11.2. The van der Waals surface area contributed by atoms with E-state index in [-0.39, 0.29) is 0 Å². The van der Waals surface area contributed by atoms with E-state index in [1.54, 1.807) is 61.0 Å². The molecule has 0 N–H and O–H groups in total. The van der Waals surface area contributed by atoms with Gasteiger partial charge in [0, 0.05) is 35.4 Å². The number of rotatable bonds is 30. The first-order valence-corrected chi connectivity index (χ1v) is 24.7. The molecule has 13 nitrogen and oxygen atoms in total. The Morgan fingerprint density at radius 2 is 0.944 bits per heavy atom. The van der Waals surface area contributed by atoms with Crippen LogP contribution < -0.4 is 9.47 Å². The zero-order valence-corrected chi connectivity index (χ0v) is 41.1. The monoisotopic (exact) mass is 973 g/mol. The molecule has 0 radical (unpaired) electrons. The third-order valence-corrected chi connectivity index (χ3v) is 11.4. The topological polar surface area (TPSA) is 161 Å². The molecule has 0 bridgehead atoms. The molecule has 0 saturated carbocycles. The van der Waals surface area contributed by atoms with Gasteiger partial charge in [-0.3, -0.25) is 9.98 Å². The SMILES string of the molecule is C=CC(=O)OCCCCCCOC(=O)c1ccc(N=Cc2ccc3c(c2)nc(Oc2ccc(OCCCCCC)cc2)c2cc(C=Nc4ccc(C(=O)OCCCCCCOC(=O)C=C)cc4)ccc23)cc1. The molecule has 6 aromatic rings. The highest BCUT2D eigenvalue weighted by Crippen LogP contribution is 2.35.